The van der Waals surface area contributed by atoms with Crippen LogP contribution in [0.5, 0.6) is 0 Å². The van der Waals surface area contributed by atoms with Crippen molar-refractivity contribution in [3.8, 4) is 0 Å². The van der Waals surface area contributed by atoms with E-state index < -0.39 is 18.0 Å². The van der Waals surface area contributed by atoms with Crippen LogP contribution in [0.15, 0.2) is 96.4 Å². The van der Waals surface area contributed by atoms with Crippen LogP contribution in [0.2, 0.25) is 0 Å². The molecular formula is C35H37N5O4S. The van der Waals surface area contributed by atoms with E-state index in [0.29, 0.717) is 28.4 Å². The Labute approximate surface area is 267 Å². The number of carbonyl (C=O) groups is 4. The minimum absolute atomic E-state index is 0.202. The number of aromatic nitrogens is 1. The highest BCUT2D eigenvalue weighted by Crippen LogP contribution is 2.33. The van der Waals surface area contributed by atoms with Gasteiger partial charge in [0.1, 0.15) is 17.6 Å². The average molecular weight is 624 g/mol. The zero-order chi connectivity index (χ0) is 32.1. The maximum absolute atomic E-state index is 14.2. The first-order valence-corrected chi connectivity index (χ1v) is 15.8. The molecule has 232 valence electrons. The molecule has 0 saturated carbocycles. The second-order valence-electron chi connectivity index (χ2n) is 12.1. The standard InChI is InChI=1S/C35H37N5O4S/c1-23(2)30-34(44)39(28(25-14-9-6-10-15-25)20-40(30)33(43)26-16-11-17-36-19-26)21-29(41)38-27(18-24-12-7-5-8-13-24)31(42)32-37-22-35(3,4)45-32/h5-17,19-20,23,27,30H,18,21-22H2,1-4H3,(H,38,41)/t27-,30-/m0/s1. The number of pyridine rings is 1. The largest absolute Gasteiger partial charge is 0.344 e. The van der Waals surface area contributed by atoms with Crippen molar-refractivity contribution < 1.29 is 19.2 Å². The van der Waals surface area contributed by atoms with E-state index >= 15 is 0 Å². The van der Waals surface area contributed by atoms with Crippen molar-refractivity contribution in [2.75, 3.05) is 13.1 Å². The fraction of sp³-hybridized carbons (Fsp3) is 0.314. The van der Waals surface area contributed by atoms with Gasteiger partial charge in [-0.2, -0.15) is 0 Å². The summed E-state index contributed by atoms with van der Waals surface area (Å²) >= 11 is 1.41. The molecule has 1 aromatic heterocycles. The number of hydrogen-bond acceptors (Lipinski definition) is 7. The van der Waals surface area contributed by atoms with Gasteiger partial charge in [0, 0.05) is 29.8 Å². The van der Waals surface area contributed by atoms with Crippen molar-refractivity contribution in [1.29, 1.82) is 0 Å². The Balaban J connectivity index is 1.46. The molecule has 10 heteroatoms. The molecule has 3 aromatic rings. The van der Waals surface area contributed by atoms with Crippen LogP contribution >= 0.6 is 11.8 Å². The summed E-state index contributed by atoms with van der Waals surface area (Å²) < 4.78 is -0.202. The number of aliphatic imine (C=N–C) groups is 1. The van der Waals surface area contributed by atoms with Crippen molar-refractivity contribution >= 4 is 46.0 Å². The molecule has 2 aromatic carbocycles. The van der Waals surface area contributed by atoms with Gasteiger partial charge < -0.3 is 10.2 Å². The van der Waals surface area contributed by atoms with Crippen LogP contribution in [0, 0.1) is 5.92 Å². The Morgan fingerprint density at radius 1 is 1.00 bits per heavy atom. The minimum Gasteiger partial charge on any atom is -0.344 e. The molecule has 45 heavy (non-hydrogen) atoms. The number of carbonyl (C=O) groups excluding carboxylic acids is 4. The Morgan fingerprint density at radius 2 is 1.69 bits per heavy atom. The van der Waals surface area contributed by atoms with E-state index in [1.54, 1.807) is 24.5 Å². The molecule has 0 fully saturated rings. The minimum atomic E-state index is -0.867. The van der Waals surface area contributed by atoms with E-state index in [4.69, 9.17) is 0 Å². The lowest BCUT2D eigenvalue weighted by Gasteiger charge is -2.41. The fourth-order valence-corrected chi connectivity index (χ4v) is 6.44. The summed E-state index contributed by atoms with van der Waals surface area (Å²) in [5.41, 5.74) is 2.32. The van der Waals surface area contributed by atoms with Crippen LogP contribution in [-0.2, 0) is 20.8 Å². The summed E-state index contributed by atoms with van der Waals surface area (Å²) in [6, 6.07) is 20.3. The molecule has 0 unspecified atom stereocenters. The first-order chi connectivity index (χ1) is 21.5. The predicted octanol–water partition coefficient (Wildman–Crippen LogP) is 4.61. The molecule has 3 heterocycles. The van der Waals surface area contributed by atoms with Crippen LogP contribution < -0.4 is 5.32 Å². The van der Waals surface area contributed by atoms with Crippen LogP contribution in [0.1, 0.15) is 49.2 Å². The summed E-state index contributed by atoms with van der Waals surface area (Å²) in [5, 5.41) is 3.31. The van der Waals surface area contributed by atoms with E-state index in [2.05, 4.69) is 15.3 Å². The highest BCUT2D eigenvalue weighted by Gasteiger charge is 2.42. The van der Waals surface area contributed by atoms with Crippen molar-refractivity contribution in [3.63, 3.8) is 0 Å². The van der Waals surface area contributed by atoms with E-state index in [1.807, 2.05) is 88.4 Å². The van der Waals surface area contributed by atoms with Gasteiger partial charge in [0.2, 0.25) is 11.7 Å². The van der Waals surface area contributed by atoms with Gasteiger partial charge in [0.05, 0.1) is 23.8 Å². The summed E-state index contributed by atoms with van der Waals surface area (Å²) in [6.45, 7) is 7.96. The Kier molecular flexibility index (Phi) is 9.63. The summed E-state index contributed by atoms with van der Waals surface area (Å²) in [4.78, 5) is 66.8. The number of nitrogens with zero attached hydrogens (tertiary/aromatic N) is 4. The van der Waals surface area contributed by atoms with Crippen LogP contribution in [-0.4, -0.2) is 73.3 Å². The van der Waals surface area contributed by atoms with E-state index in [9.17, 15) is 19.2 Å². The number of hydrogen-bond donors (Lipinski definition) is 1. The quantitative estimate of drug-likeness (QED) is 0.353. The molecule has 2 aliphatic rings. The van der Waals surface area contributed by atoms with Crippen LogP contribution in [0.4, 0.5) is 0 Å². The number of benzene rings is 2. The number of Topliss-reactive ketones (excluding diaryl/α,β-unsaturated/α-hetero) is 1. The highest BCUT2D eigenvalue weighted by molar-refractivity contribution is 8.17. The molecule has 2 atom stereocenters. The van der Waals surface area contributed by atoms with Crippen molar-refractivity contribution in [2.45, 2.75) is 50.9 Å². The third-order valence-electron chi connectivity index (χ3n) is 7.64. The summed E-state index contributed by atoms with van der Waals surface area (Å²) in [6.07, 6.45) is 4.97. The van der Waals surface area contributed by atoms with Gasteiger partial charge >= 0.3 is 0 Å². The summed E-state index contributed by atoms with van der Waals surface area (Å²) in [5.74, 6) is -1.75. The lowest BCUT2D eigenvalue weighted by Crippen LogP contribution is -2.57. The van der Waals surface area contributed by atoms with Gasteiger partial charge in [-0.1, -0.05) is 86.3 Å². The Hall–Kier alpha value is -4.57. The second kappa shape index (κ2) is 13.6. The van der Waals surface area contributed by atoms with Gasteiger partial charge in [0.25, 0.3) is 11.8 Å². The fourth-order valence-electron chi connectivity index (χ4n) is 5.42. The molecular weight excluding hydrogens is 586 g/mol. The Bertz CT molecular complexity index is 1620. The first-order valence-electron chi connectivity index (χ1n) is 15.0. The van der Waals surface area contributed by atoms with Crippen molar-refractivity contribution in [3.05, 3.63) is 108 Å². The van der Waals surface area contributed by atoms with Crippen molar-refractivity contribution in [2.24, 2.45) is 10.9 Å². The number of ketones is 1. The molecule has 0 radical (unpaired) electrons. The van der Waals surface area contributed by atoms with Crippen LogP contribution in [0.3, 0.4) is 0 Å². The van der Waals surface area contributed by atoms with Gasteiger partial charge in [-0.05, 0) is 43.0 Å². The molecule has 9 nitrogen and oxygen atoms in total. The molecule has 3 amide bonds. The molecule has 1 N–H and O–H groups in total. The lowest BCUT2D eigenvalue weighted by atomic mass is 9.96. The monoisotopic (exact) mass is 623 g/mol. The summed E-state index contributed by atoms with van der Waals surface area (Å²) in [7, 11) is 0. The number of amides is 3. The van der Waals surface area contributed by atoms with Crippen LogP contribution in [0.25, 0.3) is 5.70 Å². The number of rotatable bonds is 10. The molecule has 0 saturated heterocycles. The molecule has 5 rings (SSSR count). The topological polar surface area (TPSA) is 112 Å². The SMILES string of the molecule is CC(C)[C@H]1C(=O)N(CC(=O)N[C@@H](Cc2ccccc2)C(=O)C2=NCC(C)(C)S2)C(c2ccccc2)=CN1C(=O)c1cccnc1. The lowest BCUT2D eigenvalue weighted by molar-refractivity contribution is -0.138. The van der Waals surface area contributed by atoms with E-state index in [1.165, 1.54) is 27.8 Å². The van der Waals surface area contributed by atoms with Gasteiger partial charge in [-0.3, -0.25) is 34.1 Å². The average Bonchev–Trinajstić information content (AvgIpc) is 3.41. The number of nitrogens with one attached hydrogen (secondary N) is 1. The van der Waals surface area contributed by atoms with E-state index in [0.717, 1.165) is 5.56 Å². The first kappa shape index (κ1) is 31.8. The molecule has 0 spiro atoms. The second-order valence-corrected chi connectivity index (χ2v) is 13.8. The number of thioether (sulfide) groups is 1. The maximum Gasteiger partial charge on any atom is 0.260 e. The van der Waals surface area contributed by atoms with E-state index in [-0.39, 0.29) is 41.2 Å². The maximum atomic E-state index is 14.2. The van der Waals surface area contributed by atoms with Gasteiger partial charge in [-0.15, -0.1) is 0 Å². The normalized spacial score (nSPS) is 18.3. The third kappa shape index (κ3) is 7.39. The highest BCUT2D eigenvalue weighted by atomic mass is 32.2. The Morgan fingerprint density at radius 3 is 2.29 bits per heavy atom. The van der Waals surface area contributed by atoms with Crippen molar-refractivity contribution in [1.82, 2.24) is 20.1 Å². The molecule has 0 aliphatic carbocycles. The zero-order valence-corrected chi connectivity index (χ0v) is 26.7. The smallest absolute Gasteiger partial charge is 0.260 e. The van der Waals surface area contributed by atoms with Gasteiger partial charge in [-0.25, -0.2) is 0 Å². The predicted molar refractivity (Wildman–Crippen MR) is 176 cm³/mol. The molecule has 0 bridgehead atoms. The molecule has 2 aliphatic heterocycles. The third-order valence-corrected chi connectivity index (χ3v) is 8.84. The van der Waals surface area contributed by atoms with Gasteiger partial charge in [0.15, 0.2) is 0 Å². The zero-order valence-electron chi connectivity index (χ0n) is 25.8.